The molecular weight excluding hydrogens is 276 g/mol. The van der Waals surface area contributed by atoms with Crippen LogP contribution in [-0.2, 0) is 4.79 Å². The number of hydrogen-bond acceptors (Lipinski definition) is 4. The number of hydrogen-bond donors (Lipinski definition) is 1. The van der Waals surface area contributed by atoms with Crippen LogP contribution in [-0.4, -0.2) is 39.0 Å². The van der Waals surface area contributed by atoms with Crippen molar-refractivity contribution in [2.45, 2.75) is 51.1 Å². The molecule has 1 N–H and O–H groups in total. The second-order valence-corrected chi connectivity index (χ2v) is 6.73. The molecule has 5 nitrogen and oxygen atoms in total. The van der Waals surface area contributed by atoms with Crippen molar-refractivity contribution in [3.63, 3.8) is 0 Å². The van der Waals surface area contributed by atoms with Crippen LogP contribution in [0, 0.1) is 12.8 Å². The Bertz CT molecular complexity index is 542. The fourth-order valence-corrected chi connectivity index (χ4v) is 4.15. The largest absolute Gasteiger partial charge is 0.480 e. The Kier molecular flexibility index (Phi) is 3.50. The number of rotatable bonds is 2. The molecule has 1 aromatic rings. The number of carboxylic acids is 1. The molecule has 0 unspecified atom stereocenters. The average Bonchev–Trinajstić information content (AvgIpc) is 3.01. The number of carbonyl (C=O) groups is 2. The van der Waals surface area contributed by atoms with E-state index in [9.17, 15) is 14.7 Å². The summed E-state index contributed by atoms with van der Waals surface area (Å²) in [5.41, 5.74) is 0.393. The van der Waals surface area contributed by atoms with Gasteiger partial charge in [-0.15, -0.1) is 11.3 Å². The van der Waals surface area contributed by atoms with Gasteiger partial charge in [-0.05, 0) is 32.1 Å². The van der Waals surface area contributed by atoms with Crippen LogP contribution >= 0.6 is 11.3 Å². The van der Waals surface area contributed by atoms with Crippen LogP contribution in [0.25, 0.3) is 0 Å². The standard InChI is InChI=1S/C14H18N2O3S/c1-8-15-10(7-20-8)13(17)16-11-5-3-2-4-9(11)6-12(16)14(18)19/h7,9,11-12H,2-6H2,1H3,(H,18,19)/t9-,11-,12+/m1/s1. The second-order valence-electron chi connectivity index (χ2n) is 5.67. The Labute approximate surface area is 121 Å². The molecule has 20 heavy (non-hydrogen) atoms. The van der Waals surface area contributed by atoms with Gasteiger partial charge in [0.1, 0.15) is 11.7 Å². The summed E-state index contributed by atoms with van der Waals surface area (Å²) in [6.45, 7) is 1.85. The fraction of sp³-hybridized carbons (Fsp3) is 0.643. The summed E-state index contributed by atoms with van der Waals surface area (Å²) in [6.07, 6.45) is 4.77. The molecule has 2 heterocycles. The van der Waals surface area contributed by atoms with Gasteiger partial charge in [0.2, 0.25) is 0 Å². The van der Waals surface area contributed by atoms with Crippen LogP contribution in [0.15, 0.2) is 5.38 Å². The van der Waals surface area contributed by atoms with E-state index in [1.807, 2.05) is 6.92 Å². The number of likely N-dealkylation sites (tertiary alicyclic amines) is 1. The monoisotopic (exact) mass is 294 g/mol. The summed E-state index contributed by atoms with van der Waals surface area (Å²) in [7, 11) is 0. The van der Waals surface area contributed by atoms with E-state index in [-0.39, 0.29) is 11.9 Å². The molecule has 0 bridgehead atoms. The van der Waals surface area contributed by atoms with Gasteiger partial charge in [-0.25, -0.2) is 9.78 Å². The fourth-order valence-electron chi connectivity index (χ4n) is 3.57. The summed E-state index contributed by atoms with van der Waals surface area (Å²) in [6, 6.07) is -0.600. The van der Waals surface area contributed by atoms with E-state index in [2.05, 4.69) is 4.98 Å². The Morgan fingerprint density at radius 2 is 2.15 bits per heavy atom. The van der Waals surface area contributed by atoms with Gasteiger partial charge in [0.25, 0.3) is 5.91 Å². The number of aryl methyl sites for hydroxylation is 1. The van der Waals surface area contributed by atoms with Crippen molar-refractivity contribution in [2.24, 2.45) is 5.92 Å². The van der Waals surface area contributed by atoms with E-state index in [0.717, 1.165) is 30.7 Å². The number of aliphatic carboxylic acids is 1. The number of amides is 1. The molecule has 108 valence electrons. The molecule has 1 saturated heterocycles. The normalized spacial score (nSPS) is 29.2. The van der Waals surface area contributed by atoms with Crippen LogP contribution in [0.1, 0.15) is 47.6 Å². The predicted molar refractivity (Wildman–Crippen MR) is 74.8 cm³/mol. The first kappa shape index (κ1) is 13.5. The molecule has 3 rings (SSSR count). The second kappa shape index (κ2) is 5.16. The molecule has 1 aliphatic heterocycles. The van der Waals surface area contributed by atoms with Crippen molar-refractivity contribution < 1.29 is 14.7 Å². The lowest BCUT2D eigenvalue weighted by molar-refractivity contribution is -0.141. The number of fused-ring (bicyclic) bond motifs is 1. The molecule has 3 atom stereocenters. The highest BCUT2D eigenvalue weighted by molar-refractivity contribution is 7.09. The molecule has 0 spiro atoms. The van der Waals surface area contributed by atoms with E-state index in [1.165, 1.54) is 11.3 Å². The molecule has 1 aliphatic carbocycles. The van der Waals surface area contributed by atoms with E-state index in [4.69, 9.17) is 0 Å². The molecule has 2 aliphatic rings. The average molecular weight is 294 g/mol. The lowest BCUT2D eigenvalue weighted by Crippen LogP contribution is -2.46. The highest BCUT2D eigenvalue weighted by atomic mass is 32.1. The number of carboxylic acid groups (broad SMARTS) is 1. The summed E-state index contributed by atoms with van der Waals surface area (Å²) in [5, 5.41) is 12.0. The minimum Gasteiger partial charge on any atom is -0.480 e. The zero-order valence-electron chi connectivity index (χ0n) is 11.4. The van der Waals surface area contributed by atoms with Gasteiger partial charge >= 0.3 is 5.97 Å². The van der Waals surface area contributed by atoms with Crippen molar-refractivity contribution in [2.75, 3.05) is 0 Å². The van der Waals surface area contributed by atoms with Crippen molar-refractivity contribution in [1.82, 2.24) is 9.88 Å². The van der Waals surface area contributed by atoms with Gasteiger partial charge in [-0.2, -0.15) is 0 Å². The molecule has 6 heteroatoms. The Morgan fingerprint density at radius 1 is 1.40 bits per heavy atom. The van der Waals surface area contributed by atoms with Crippen molar-refractivity contribution >= 4 is 23.2 Å². The number of aromatic nitrogens is 1. The first-order valence-corrected chi connectivity index (χ1v) is 7.93. The summed E-state index contributed by atoms with van der Waals surface area (Å²) in [5.74, 6) is -0.760. The lowest BCUT2D eigenvalue weighted by Gasteiger charge is -2.32. The minimum absolute atomic E-state index is 0.0827. The smallest absolute Gasteiger partial charge is 0.326 e. The van der Waals surface area contributed by atoms with Crippen molar-refractivity contribution in [3.05, 3.63) is 16.1 Å². The zero-order chi connectivity index (χ0) is 14.3. The first-order chi connectivity index (χ1) is 9.58. The molecule has 0 aromatic carbocycles. The number of nitrogens with zero attached hydrogens (tertiary/aromatic N) is 2. The van der Waals surface area contributed by atoms with Crippen LogP contribution in [0.3, 0.4) is 0 Å². The molecule has 2 fully saturated rings. The quantitative estimate of drug-likeness (QED) is 0.908. The van der Waals surface area contributed by atoms with E-state index in [1.54, 1.807) is 10.3 Å². The predicted octanol–water partition coefficient (Wildman–Crippen LogP) is 2.31. The van der Waals surface area contributed by atoms with E-state index >= 15 is 0 Å². The maximum absolute atomic E-state index is 12.6. The number of carbonyl (C=O) groups excluding carboxylic acids is 1. The first-order valence-electron chi connectivity index (χ1n) is 7.05. The Hall–Kier alpha value is -1.43. The van der Waals surface area contributed by atoms with Crippen LogP contribution in [0.2, 0.25) is 0 Å². The van der Waals surface area contributed by atoms with Gasteiger partial charge in [0.15, 0.2) is 0 Å². The summed E-state index contributed by atoms with van der Waals surface area (Å²) >= 11 is 1.42. The third-order valence-electron chi connectivity index (χ3n) is 4.45. The Balaban J connectivity index is 1.90. The van der Waals surface area contributed by atoms with Gasteiger partial charge in [0.05, 0.1) is 5.01 Å². The molecular formula is C14H18N2O3S. The highest BCUT2D eigenvalue weighted by Crippen LogP contribution is 2.40. The van der Waals surface area contributed by atoms with Crippen molar-refractivity contribution in [1.29, 1.82) is 0 Å². The summed E-state index contributed by atoms with van der Waals surface area (Å²) in [4.78, 5) is 29.9. The topological polar surface area (TPSA) is 70.5 Å². The summed E-state index contributed by atoms with van der Waals surface area (Å²) < 4.78 is 0. The maximum Gasteiger partial charge on any atom is 0.326 e. The van der Waals surface area contributed by atoms with Crippen LogP contribution < -0.4 is 0 Å². The van der Waals surface area contributed by atoms with Gasteiger partial charge in [-0.1, -0.05) is 12.8 Å². The minimum atomic E-state index is -0.889. The highest BCUT2D eigenvalue weighted by Gasteiger charge is 2.48. The van der Waals surface area contributed by atoms with Crippen molar-refractivity contribution in [3.8, 4) is 0 Å². The van der Waals surface area contributed by atoms with Crippen LogP contribution in [0.5, 0.6) is 0 Å². The third kappa shape index (κ3) is 2.22. The lowest BCUT2D eigenvalue weighted by atomic mass is 9.84. The van der Waals surface area contributed by atoms with Gasteiger partial charge in [-0.3, -0.25) is 4.79 Å². The van der Waals surface area contributed by atoms with Gasteiger partial charge < -0.3 is 10.0 Å². The van der Waals surface area contributed by atoms with Crippen LogP contribution in [0.4, 0.5) is 0 Å². The zero-order valence-corrected chi connectivity index (χ0v) is 12.2. The SMILES string of the molecule is Cc1nc(C(=O)N2[C@@H]3CCCC[C@@H]3C[C@H]2C(=O)O)cs1. The molecule has 1 saturated carbocycles. The molecule has 1 amide bonds. The molecule has 1 aromatic heterocycles. The maximum atomic E-state index is 12.6. The number of thiazole rings is 1. The van der Waals surface area contributed by atoms with E-state index in [0.29, 0.717) is 18.0 Å². The van der Waals surface area contributed by atoms with Gasteiger partial charge in [0, 0.05) is 11.4 Å². The Morgan fingerprint density at radius 3 is 2.80 bits per heavy atom. The third-order valence-corrected chi connectivity index (χ3v) is 5.22. The van der Waals surface area contributed by atoms with E-state index < -0.39 is 12.0 Å². The molecule has 0 radical (unpaired) electrons.